The first kappa shape index (κ1) is 13.8. The largest absolute Gasteiger partial charge is 0.305 e. The van der Waals surface area contributed by atoms with Crippen LogP contribution in [0.4, 0.5) is 0 Å². The Morgan fingerprint density at radius 3 is 2.42 bits per heavy atom. The van der Waals surface area contributed by atoms with Crippen LogP contribution in [-0.2, 0) is 7.05 Å². The van der Waals surface area contributed by atoms with Crippen LogP contribution >= 0.6 is 0 Å². The van der Waals surface area contributed by atoms with Crippen molar-refractivity contribution in [3.8, 4) is 0 Å². The van der Waals surface area contributed by atoms with Gasteiger partial charge in [0.2, 0.25) is 0 Å². The quantitative estimate of drug-likeness (QED) is 0.892. The molecule has 1 unspecified atom stereocenters. The molecular formula is C16H23N3. The summed E-state index contributed by atoms with van der Waals surface area (Å²) < 4.78 is 1.96. The van der Waals surface area contributed by atoms with Gasteiger partial charge in [-0.3, -0.25) is 4.68 Å². The zero-order valence-corrected chi connectivity index (χ0v) is 12.3. The number of nitrogens with one attached hydrogen (secondary N) is 1. The van der Waals surface area contributed by atoms with Gasteiger partial charge in [-0.2, -0.15) is 5.10 Å². The average molecular weight is 257 g/mol. The van der Waals surface area contributed by atoms with E-state index in [1.807, 2.05) is 17.9 Å². The number of aryl methyl sites for hydroxylation is 3. The highest BCUT2D eigenvalue weighted by molar-refractivity contribution is 5.40. The molecule has 2 aromatic rings. The van der Waals surface area contributed by atoms with Crippen LogP contribution in [0.1, 0.15) is 41.8 Å². The third-order valence-electron chi connectivity index (χ3n) is 3.58. The summed E-state index contributed by atoms with van der Waals surface area (Å²) in [5, 5.41) is 7.96. The first-order valence-corrected chi connectivity index (χ1v) is 6.92. The Balaban J connectivity index is 2.46. The first-order chi connectivity index (χ1) is 9.15. The number of nitrogens with zero attached hydrogens (tertiary/aromatic N) is 2. The second-order valence-electron chi connectivity index (χ2n) is 5.07. The molecule has 1 aromatic carbocycles. The Bertz CT molecular complexity index is 522. The predicted molar refractivity (Wildman–Crippen MR) is 79.3 cm³/mol. The second-order valence-corrected chi connectivity index (χ2v) is 5.07. The van der Waals surface area contributed by atoms with E-state index in [9.17, 15) is 0 Å². The van der Waals surface area contributed by atoms with Crippen molar-refractivity contribution in [1.82, 2.24) is 15.1 Å². The summed E-state index contributed by atoms with van der Waals surface area (Å²) in [5.41, 5.74) is 5.25. The van der Waals surface area contributed by atoms with E-state index in [4.69, 9.17) is 0 Å². The lowest BCUT2D eigenvalue weighted by Crippen LogP contribution is -2.26. The number of hydrogen-bond acceptors (Lipinski definition) is 2. The monoisotopic (exact) mass is 257 g/mol. The van der Waals surface area contributed by atoms with E-state index < -0.39 is 0 Å². The first-order valence-electron chi connectivity index (χ1n) is 6.92. The third kappa shape index (κ3) is 2.87. The smallest absolute Gasteiger partial charge is 0.0753 e. The molecule has 0 amide bonds. The van der Waals surface area contributed by atoms with Gasteiger partial charge < -0.3 is 5.32 Å². The minimum absolute atomic E-state index is 0.216. The molecule has 0 aliphatic heterocycles. The highest BCUT2D eigenvalue weighted by atomic mass is 15.3. The Morgan fingerprint density at radius 1 is 1.21 bits per heavy atom. The lowest BCUT2D eigenvalue weighted by molar-refractivity contribution is 0.550. The maximum Gasteiger partial charge on any atom is 0.0753 e. The molecule has 1 aromatic heterocycles. The lowest BCUT2D eigenvalue weighted by atomic mass is 9.94. The second kappa shape index (κ2) is 6.02. The molecule has 1 N–H and O–H groups in total. The van der Waals surface area contributed by atoms with Gasteiger partial charge in [0.1, 0.15) is 0 Å². The van der Waals surface area contributed by atoms with Crippen LogP contribution < -0.4 is 5.32 Å². The summed E-state index contributed by atoms with van der Waals surface area (Å²) >= 11 is 0. The van der Waals surface area contributed by atoms with Crippen LogP contribution in [0.5, 0.6) is 0 Å². The van der Waals surface area contributed by atoms with Gasteiger partial charge in [0.05, 0.1) is 11.7 Å². The summed E-state index contributed by atoms with van der Waals surface area (Å²) in [5.74, 6) is 0. The summed E-state index contributed by atoms with van der Waals surface area (Å²) in [7, 11) is 2.00. The van der Waals surface area contributed by atoms with Crippen LogP contribution in [0, 0.1) is 13.8 Å². The summed E-state index contributed by atoms with van der Waals surface area (Å²) in [6.07, 6.45) is 2.99. The molecule has 2 rings (SSSR count). The van der Waals surface area contributed by atoms with Gasteiger partial charge in [0.25, 0.3) is 0 Å². The van der Waals surface area contributed by atoms with E-state index in [1.165, 1.54) is 22.4 Å². The topological polar surface area (TPSA) is 29.9 Å². The molecule has 1 heterocycles. The van der Waals surface area contributed by atoms with E-state index >= 15 is 0 Å². The van der Waals surface area contributed by atoms with E-state index in [0.717, 1.165) is 13.0 Å². The van der Waals surface area contributed by atoms with Crippen molar-refractivity contribution in [2.24, 2.45) is 7.05 Å². The molecule has 0 aliphatic rings. The SMILES string of the molecule is CCCNC(c1c(C)cccc1C)c1ccnn1C. The molecule has 1 atom stereocenters. The average Bonchev–Trinajstić information content (AvgIpc) is 2.79. The predicted octanol–water partition coefficient (Wildman–Crippen LogP) is 3.13. The number of aromatic nitrogens is 2. The van der Waals surface area contributed by atoms with Crippen molar-refractivity contribution >= 4 is 0 Å². The maximum atomic E-state index is 4.31. The van der Waals surface area contributed by atoms with E-state index in [0.29, 0.717) is 0 Å². The van der Waals surface area contributed by atoms with Crippen molar-refractivity contribution in [3.63, 3.8) is 0 Å². The van der Waals surface area contributed by atoms with Crippen LogP contribution in [0.3, 0.4) is 0 Å². The van der Waals surface area contributed by atoms with Gasteiger partial charge in [-0.15, -0.1) is 0 Å². The Morgan fingerprint density at radius 2 is 1.89 bits per heavy atom. The Labute approximate surface area is 115 Å². The fraction of sp³-hybridized carbons (Fsp3) is 0.438. The van der Waals surface area contributed by atoms with E-state index in [-0.39, 0.29) is 6.04 Å². The van der Waals surface area contributed by atoms with Gasteiger partial charge in [-0.25, -0.2) is 0 Å². The van der Waals surface area contributed by atoms with Gasteiger partial charge in [-0.1, -0.05) is 25.1 Å². The standard InChI is InChI=1S/C16H23N3/c1-5-10-17-16(14-9-11-18-19(14)4)15-12(2)7-6-8-13(15)3/h6-9,11,16-17H,5,10H2,1-4H3. The molecule has 0 spiro atoms. The number of benzene rings is 1. The molecule has 0 fully saturated rings. The summed E-state index contributed by atoms with van der Waals surface area (Å²) in [6.45, 7) is 7.56. The molecular weight excluding hydrogens is 234 g/mol. The van der Waals surface area contributed by atoms with Crippen LogP contribution in [0.25, 0.3) is 0 Å². The molecule has 102 valence electrons. The molecule has 3 heteroatoms. The molecule has 0 radical (unpaired) electrons. The van der Waals surface area contributed by atoms with Gasteiger partial charge in [0.15, 0.2) is 0 Å². The van der Waals surface area contributed by atoms with Crippen molar-refractivity contribution < 1.29 is 0 Å². The van der Waals surface area contributed by atoms with Crippen LogP contribution in [-0.4, -0.2) is 16.3 Å². The molecule has 0 saturated carbocycles. The third-order valence-corrected chi connectivity index (χ3v) is 3.58. The normalized spacial score (nSPS) is 12.6. The van der Waals surface area contributed by atoms with E-state index in [2.05, 4.69) is 55.5 Å². The zero-order chi connectivity index (χ0) is 13.8. The molecule has 3 nitrogen and oxygen atoms in total. The molecule has 0 aliphatic carbocycles. The van der Waals surface area contributed by atoms with Gasteiger partial charge in [0, 0.05) is 13.2 Å². The van der Waals surface area contributed by atoms with Crippen LogP contribution in [0.2, 0.25) is 0 Å². The molecule has 19 heavy (non-hydrogen) atoms. The van der Waals surface area contributed by atoms with Gasteiger partial charge in [-0.05, 0) is 49.6 Å². The summed E-state index contributed by atoms with van der Waals surface area (Å²) in [4.78, 5) is 0. The minimum Gasteiger partial charge on any atom is -0.305 e. The maximum absolute atomic E-state index is 4.31. The van der Waals surface area contributed by atoms with Crippen molar-refractivity contribution in [2.45, 2.75) is 33.2 Å². The zero-order valence-electron chi connectivity index (χ0n) is 12.3. The van der Waals surface area contributed by atoms with Crippen molar-refractivity contribution in [2.75, 3.05) is 6.54 Å². The highest BCUT2D eigenvalue weighted by Gasteiger charge is 2.19. The van der Waals surface area contributed by atoms with Gasteiger partial charge >= 0.3 is 0 Å². The fourth-order valence-corrected chi connectivity index (χ4v) is 2.59. The van der Waals surface area contributed by atoms with E-state index in [1.54, 1.807) is 0 Å². The lowest BCUT2D eigenvalue weighted by Gasteiger charge is -2.23. The minimum atomic E-state index is 0.216. The van der Waals surface area contributed by atoms with Crippen molar-refractivity contribution in [1.29, 1.82) is 0 Å². The number of hydrogen-bond donors (Lipinski definition) is 1. The number of rotatable bonds is 5. The molecule has 0 bridgehead atoms. The van der Waals surface area contributed by atoms with Crippen LogP contribution in [0.15, 0.2) is 30.5 Å². The molecule has 0 saturated heterocycles. The fourth-order valence-electron chi connectivity index (χ4n) is 2.59. The Hall–Kier alpha value is -1.61. The summed E-state index contributed by atoms with van der Waals surface area (Å²) in [6, 6.07) is 8.79. The highest BCUT2D eigenvalue weighted by Crippen LogP contribution is 2.27. The van der Waals surface area contributed by atoms with Crippen molar-refractivity contribution in [3.05, 3.63) is 52.8 Å². The Kier molecular flexibility index (Phi) is 4.38.